The van der Waals surface area contributed by atoms with Crippen molar-refractivity contribution in [2.75, 3.05) is 7.11 Å². The quantitative estimate of drug-likeness (QED) is 0.566. The minimum atomic E-state index is -0.695. The van der Waals surface area contributed by atoms with Crippen molar-refractivity contribution >= 4 is 35.5 Å². The van der Waals surface area contributed by atoms with E-state index in [-0.39, 0.29) is 0 Å². The molecule has 1 fully saturated rings. The number of hydrogen-bond donors (Lipinski definition) is 0. The first kappa shape index (κ1) is 21.4. The van der Waals surface area contributed by atoms with Gasteiger partial charge in [0, 0.05) is 17.0 Å². The molecule has 1 aromatic heterocycles. The molecule has 0 N–H and O–H groups in total. The fourth-order valence-corrected chi connectivity index (χ4v) is 3.12. The lowest BCUT2D eigenvalue weighted by molar-refractivity contribution is 0.00578. The Morgan fingerprint density at radius 1 is 1.07 bits per heavy atom. The lowest BCUT2D eigenvalue weighted by Crippen LogP contribution is -2.41. The molecule has 0 unspecified atom stereocenters. The molecule has 0 aliphatic carbocycles. The van der Waals surface area contributed by atoms with Gasteiger partial charge in [-0.15, -0.1) is 0 Å². The van der Waals surface area contributed by atoms with Crippen LogP contribution in [-0.2, 0) is 18.8 Å². The average molecular weight is 401 g/mol. The van der Waals surface area contributed by atoms with E-state index in [0.717, 1.165) is 0 Å². The van der Waals surface area contributed by atoms with Crippen LogP contribution in [0.15, 0.2) is 24.4 Å². The summed E-state index contributed by atoms with van der Waals surface area (Å²) in [6.45, 7) is 13.3. The molecule has 2 heterocycles. The maximum atomic E-state index is 12.8. The number of nitrogens with zero attached hydrogens (tertiary/aromatic N) is 1. The Morgan fingerprint density at radius 3 is 2.17 bits per heavy atom. The third-order valence-corrected chi connectivity index (χ3v) is 5.35. The number of aromatic nitrogens is 1. The number of hydrogen-bond acceptors (Lipinski definition) is 6. The monoisotopic (exact) mass is 401 g/mol. The predicted octanol–water partition coefficient (Wildman–Crippen LogP) is 3.51. The van der Waals surface area contributed by atoms with Crippen molar-refractivity contribution in [3.05, 3.63) is 30.0 Å². The molecule has 0 bridgehead atoms. The predicted molar refractivity (Wildman–Crippen MR) is 111 cm³/mol. The summed E-state index contributed by atoms with van der Waals surface area (Å²) < 4.78 is 24.1. The van der Waals surface area contributed by atoms with Crippen LogP contribution in [0.3, 0.4) is 0 Å². The van der Waals surface area contributed by atoms with Gasteiger partial charge in [-0.3, -0.25) is 4.57 Å². The summed E-state index contributed by atoms with van der Waals surface area (Å²) in [5.41, 5.74) is -0.119. The van der Waals surface area contributed by atoms with Gasteiger partial charge in [0.25, 0.3) is 0 Å². The minimum Gasteiger partial charge on any atom is -0.465 e. The second-order valence-corrected chi connectivity index (χ2v) is 9.25. The van der Waals surface area contributed by atoms with E-state index < -0.39 is 36.0 Å². The van der Waals surface area contributed by atoms with E-state index in [9.17, 15) is 9.59 Å². The minimum absolute atomic E-state index is 0.375. The Hall–Kier alpha value is -2.32. The van der Waals surface area contributed by atoms with Crippen molar-refractivity contribution in [2.24, 2.45) is 0 Å². The maximum absolute atomic E-state index is 12.8. The second kappa shape index (κ2) is 6.88. The molecule has 1 aliphatic heterocycles. The summed E-state index contributed by atoms with van der Waals surface area (Å²) in [5.74, 6) is -0.461. The maximum Gasteiger partial charge on any atom is 0.497 e. The first-order valence-corrected chi connectivity index (χ1v) is 9.58. The van der Waals surface area contributed by atoms with Crippen LogP contribution in [0.25, 0.3) is 10.9 Å². The Kier molecular flexibility index (Phi) is 5.08. The summed E-state index contributed by atoms with van der Waals surface area (Å²) >= 11 is 0. The molecule has 1 saturated heterocycles. The SMILES string of the molecule is COC(=O)c1ccc2c(c1)c(B1OC(C)(C)C(C)(C)O1)cn2C(=O)OC(C)(C)C. The zero-order valence-electron chi connectivity index (χ0n) is 18.3. The number of esters is 1. The van der Waals surface area contributed by atoms with Crippen molar-refractivity contribution in [1.82, 2.24) is 4.57 Å². The van der Waals surface area contributed by atoms with Crippen molar-refractivity contribution < 1.29 is 28.4 Å². The highest BCUT2D eigenvalue weighted by molar-refractivity contribution is 6.65. The molecule has 156 valence electrons. The number of ether oxygens (including phenoxy) is 2. The summed E-state index contributed by atoms with van der Waals surface area (Å²) in [5, 5.41) is 0.664. The number of rotatable bonds is 2. The van der Waals surface area contributed by atoms with E-state index in [1.807, 2.05) is 27.7 Å². The molecule has 3 rings (SSSR count). The standard InChI is InChI=1S/C21H28BNO6/c1-19(2,3)27-18(25)23-12-15(22-28-20(4,5)21(6,7)29-22)14-11-13(17(24)26-8)9-10-16(14)23/h9-12H,1-8H3. The highest BCUT2D eigenvalue weighted by Crippen LogP contribution is 2.37. The highest BCUT2D eigenvalue weighted by Gasteiger charge is 2.52. The molecule has 2 aromatic rings. The zero-order chi connectivity index (χ0) is 21.8. The first-order valence-electron chi connectivity index (χ1n) is 9.58. The largest absolute Gasteiger partial charge is 0.497 e. The van der Waals surface area contributed by atoms with E-state index in [0.29, 0.717) is 21.9 Å². The zero-order valence-corrected chi connectivity index (χ0v) is 18.3. The Morgan fingerprint density at radius 2 is 1.66 bits per heavy atom. The lowest BCUT2D eigenvalue weighted by atomic mass is 9.79. The molecule has 29 heavy (non-hydrogen) atoms. The molecule has 0 amide bonds. The van der Waals surface area contributed by atoms with Gasteiger partial charge in [-0.2, -0.15) is 0 Å². The Labute approximate surface area is 171 Å². The third kappa shape index (κ3) is 3.91. The average Bonchev–Trinajstić information content (AvgIpc) is 3.06. The summed E-state index contributed by atoms with van der Waals surface area (Å²) in [6.07, 6.45) is 1.14. The topological polar surface area (TPSA) is 76.0 Å². The van der Waals surface area contributed by atoms with Gasteiger partial charge in [0.1, 0.15) is 5.60 Å². The smallest absolute Gasteiger partial charge is 0.465 e. The molecule has 7 nitrogen and oxygen atoms in total. The van der Waals surface area contributed by atoms with E-state index >= 15 is 0 Å². The van der Waals surface area contributed by atoms with Crippen LogP contribution in [0, 0.1) is 0 Å². The van der Waals surface area contributed by atoms with Crippen molar-refractivity contribution in [3.63, 3.8) is 0 Å². The Bertz CT molecular complexity index is 953. The van der Waals surface area contributed by atoms with E-state index in [1.165, 1.54) is 11.7 Å². The first-order chi connectivity index (χ1) is 13.3. The number of benzene rings is 1. The van der Waals surface area contributed by atoms with Gasteiger partial charge in [-0.05, 0) is 66.7 Å². The van der Waals surface area contributed by atoms with Crippen LogP contribution in [0.4, 0.5) is 4.79 Å². The van der Waals surface area contributed by atoms with Gasteiger partial charge in [-0.25, -0.2) is 9.59 Å². The molecule has 0 saturated carbocycles. The molecule has 0 spiro atoms. The molecule has 0 atom stereocenters. The molecule has 1 aromatic carbocycles. The van der Waals surface area contributed by atoms with Crippen molar-refractivity contribution in [3.8, 4) is 0 Å². The van der Waals surface area contributed by atoms with Crippen LogP contribution in [0.1, 0.15) is 58.8 Å². The third-order valence-electron chi connectivity index (χ3n) is 5.35. The number of fused-ring (bicyclic) bond motifs is 1. The van der Waals surface area contributed by atoms with E-state index in [1.54, 1.807) is 45.2 Å². The van der Waals surface area contributed by atoms with E-state index in [2.05, 4.69) is 0 Å². The van der Waals surface area contributed by atoms with Gasteiger partial charge in [0.05, 0.1) is 29.4 Å². The number of carbonyl (C=O) groups is 2. The van der Waals surface area contributed by atoms with Gasteiger partial charge in [-0.1, -0.05) is 0 Å². The molecular formula is C21H28BNO6. The van der Waals surface area contributed by atoms with Crippen LogP contribution in [0.5, 0.6) is 0 Å². The second-order valence-electron chi connectivity index (χ2n) is 9.25. The summed E-state index contributed by atoms with van der Waals surface area (Å²) in [4.78, 5) is 24.8. The summed E-state index contributed by atoms with van der Waals surface area (Å²) in [7, 11) is 0.632. The number of methoxy groups -OCH3 is 1. The fraction of sp³-hybridized carbons (Fsp3) is 0.524. The van der Waals surface area contributed by atoms with Gasteiger partial charge < -0.3 is 18.8 Å². The molecular weight excluding hydrogens is 373 g/mol. The van der Waals surface area contributed by atoms with Crippen LogP contribution < -0.4 is 5.46 Å². The fourth-order valence-electron chi connectivity index (χ4n) is 3.12. The van der Waals surface area contributed by atoms with Gasteiger partial charge in [0.15, 0.2) is 0 Å². The van der Waals surface area contributed by atoms with Crippen LogP contribution >= 0.6 is 0 Å². The van der Waals surface area contributed by atoms with Crippen molar-refractivity contribution in [2.45, 2.75) is 65.3 Å². The molecule has 0 radical (unpaired) electrons. The number of carbonyl (C=O) groups excluding carboxylic acids is 2. The Balaban J connectivity index is 2.15. The normalized spacial score (nSPS) is 18.1. The van der Waals surface area contributed by atoms with Crippen LogP contribution in [0.2, 0.25) is 0 Å². The molecule has 1 aliphatic rings. The van der Waals surface area contributed by atoms with Gasteiger partial charge >= 0.3 is 19.2 Å². The summed E-state index contributed by atoms with van der Waals surface area (Å²) in [6, 6.07) is 4.99. The molecule has 8 heteroatoms. The van der Waals surface area contributed by atoms with Crippen molar-refractivity contribution in [1.29, 1.82) is 0 Å². The lowest BCUT2D eigenvalue weighted by Gasteiger charge is -2.32. The van der Waals surface area contributed by atoms with Crippen LogP contribution in [-0.4, -0.2) is 47.7 Å². The van der Waals surface area contributed by atoms with Gasteiger partial charge in [0.2, 0.25) is 0 Å². The van der Waals surface area contributed by atoms with E-state index in [4.69, 9.17) is 18.8 Å². The highest BCUT2D eigenvalue weighted by atomic mass is 16.7.